The molecular formula is C22H28ClN5O6S. The van der Waals surface area contributed by atoms with Crippen LogP contribution in [-0.2, 0) is 25.7 Å². The van der Waals surface area contributed by atoms with Gasteiger partial charge in [0.25, 0.3) is 5.91 Å². The van der Waals surface area contributed by atoms with Gasteiger partial charge in [-0.3, -0.25) is 25.2 Å². The second-order valence-electron chi connectivity index (χ2n) is 8.78. The summed E-state index contributed by atoms with van der Waals surface area (Å²) in [6.07, 6.45) is 3.01. The zero-order valence-corrected chi connectivity index (χ0v) is 20.8. The van der Waals surface area contributed by atoms with Crippen LogP contribution in [0.15, 0.2) is 41.2 Å². The molecule has 11 nitrogen and oxygen atoms in total. The molecule has 190 valence electrons. The molecule has 3 aliphatic heterocycles. The van der Waals surface area contributed by atoms with Gasteiger partial charge in [-0.1, -0.05) is 13.0 Å². The monoisotopic (exact) mass is 525 g/mol. The Kier molecular flexibility index (Phi) is 8.42. The van der Waals surface area contributed by atoms with Crippen molar-refractivity contribution in [1.29, 1.82) is 0 Å². The Labute approximate surface area is 212 Å². The summed E-state index contributed by atoms with van der Waals surface area (Å²) in [6.45, 7) is 3.87. The maximum atomic E-state index is 12.5. The van der Waals surface area contributed by atoms with Gasteiger partial charge in [0, 0.05) is 34.8 Å². The number of pyridine rings is 1. The van der Waals surface area contributed by atoms with Crippen LogP contribution in [0.25, 0.3) is 0 Å². The number of carboxylic acid groups (broad SMARTS) is 1. The highest BCUT2D eigenvalue weighted by Gasteiger charge is 2.59. The molecule has 4 N–H and O–H groups in total. The first-order valence-electron chi connectivity index (χ1n) is 11.1. The summed E-state index contributed by atoms with van der Waals surface area (Å²) in [5, 5.41) is 24.8. The zero-order valence-electron chi connectivity index (χ0n) is 19.2. The summed E-state index contributed by atoms with van der Waals surface area (Å²) in [7, 11) is 0. The molecule has 0 saturated carbocycles. The molecule has 0 radical (unpaired) electrons. The van der Waals surface area contributed by atoms with Crippen LogP contribution in [-0.4, -0.2) is 63.7 Å². The van der Waals surface area contributed by atoms with Crippen molar-refractivity contribution in [2.75, 3.05) is 6.54 Å². The molecule has 2 fully saturated rings. The Bertz CT molecular complexity index is 1040. The van der Waals surface area contributed by atoms with E-state index in [1.54, 1.807) is 29.1 Å². The first-order chi connectivity index (χ1) is 16.2. The number of β-lactam (4-membered cyclic amide) rings is 1. The van der Waals surface area contributed by atoms with E-state index in [0.717, 1.165) is 0 Å². The summed E-state index contributed by atoms with van der Waals surface area (Å²) in [5.74, 6) is -3.50. The summed E-state index contributed by atoms with van der Waals surface area (Å²) in [4.78, 5) is 50.6. The number of hydrogen-bond acceptors (Lipinski definition) is 8. The van der Waals surface area contributed by atoms with E-state index in [9.17, 15) is 29.4 Å². The minimum Gasteiger partial charge on any atom is -0.543 e. The number of carboxylic acids is 1. The van der Waals surface area contributed by atoms with Gasteiger partial charge >= 0.3 is 5.91 Å². The largest absolute Gasteiger partial charge is 0.543 e. The Balaban J connectivity index is 0.00000342. The SMILES string of the molecule is C[C@H]1C(S[C@@H]2CN[C@H](C(=O)NNC(=O)C[n+]3ccccc3)C2)=C(C(=O)[O-])N2C(=O)[C@H]([C@@H](C)O)C12.Cl. The molecule has 0 aliphatic carbocycles. The number of nitrogens with one attached hydrogen (secondary N) is 3. The molecule has 4 rings (SSSR count). The minimum atomic E-state index is -1.42. The fourth-order valence-corrected chi connectivity index (χ4v) is 6.28. The van der Waals surface area contributed by atoms with Gasteiger partial charge in [0.15, 0.2) is 12.4 Å². The molecule has 1 aromatic heterocycles. The van der Waals surface area contributed by atoms with E-state index in [-0.39, 0.29) is 41.7 Å². The smallest absolute Gasteiger partial charge is 0.304 e. The van der Waals surface area contributed by atoms with E-state index in [1.807, 2.05) is 13.0 Å². The molecule has 35 heavy (non-hydrogen) atoms. The number of aliphatic carboxylic acids is 1. The summed E-state index contributed by atoms with van der Waals surface area (Å²) < 4.78 is 1.67. The number of nitrogens with zero attached hydrogens (tertiary/aromatic N) is 2. The van der Waals surface area contributed by atoms with Gasteiger partial charge in [-0.15, -0.1) is 24.2 Å². The molecule has 4 heterocycles. The lowest BCUT2D eigenvalue weighted by Crippen LogP contribution is -2.64. The van der Waals surface area contributed by atoms with Crippen LogP contribution in [0.2, 0.25) is 0 Å². The first kappa shape index (κ1) is 26.9. The van der Waals surface area contributed by atoms with Gasteiger partial charge < -0.3 is 25.2 Å². The molecule has 3 amide bonds. The van der Waals surface area contributed by atoms with E-state index in [4.69, 9.17) is 0 Å². The number of aliphatic hydroxyl groups excluding tert-OH is 1. The summed E-state index contributed by atoms with van der Waals surface area (Å²) in [5.41, 5.74) is 4.68. The minimum absolute atomic E-state index is 0. The number of fused-ring (bicyclic) bond motifs is 1. The zero-order chi connectivity index (χ0) is 24.6. The van der Waals surface area contributed by atoms with Gasteiger partial charge in [0.05, 0.1) is 35.8 Å². The van der Waals surface area contributed by atoms with Crippen LogP contribution in [0.4, 0.5) is 0 Å². The van der Waals surface area contributed by atoms with Crippen molar-refractivity contribution in [3.05, 3.63) is 41.2 Å². The number of carbonyl (C=O) groups is 4. The molecule has 3 aliphatic rings. The molecule has 0 aromatic carbocycles. The van der Waals surface area contributed by atoms with Crippen LogP contribution in [0, 0.1) is 11.8 Å². The second-order valence-corrected chi connectivity index (χ2v) is 10.1. The molecule has 1 aromatic rings. The van der Waals surface area contributed by atoms with E-state index >= 15 is 0 Å². The maximum Gasteiger partial charge on any atom is 0.304 e. The van der Waals surface area contributed by atoms with Crippen molar-refractivity contribution in [2.24, 2.45) is 11.8 Å². The topological polar surface area (TPSA) is 155 Å². The predicted molar refractivity (Wildman–Crippen MR) is 125 cm³/mol. The molecule has 6 atom stereocenters. The number of halogens is 1. The van der Waals surface area contributed by atoms with Crippen LogP contribution in [0.3, 0.4) is 0 Å². The van der Waals surface area contributed by atoms with Crippen LogP contribution in [0.1, 0.15) is 20.3 Å². The molecule has 2 saturated heterocycles. The maximum absolute atomic E-state index is 12.5. The van der Waals surface area contributed by atoms with E-state index < -0.39 is 41.9 Å². The van der Waals surface area contributed by atoms with Gasteiger partial charge in [-0.05, 0) is 13.3 Å². The van der Waals surface area contributed by atoms with Crippen LogP contribution >= 0.6 is 24.2 Å². The van der Waals surface area contributed by atoms with Crippen LogP contribution in [0.5, 0.6) is 0 Å². The standard InChI is InChI=1S/C22H27N5O6S.ClH/c1-11-17-16(12(2)28)21(31)27(17)18(22(32)33)19(11)34-13-8-14(23-9-13)20(30)25-24-15(29)10-26-6-4-3-5-7-26;/h3-7,11-14,16-17,23,28H,8-10H2,1-2H3,(H2-,24,25,29,30,32,33);1H/t11-,12-,13+,14+,16-,17?;/m1./s1. The van der Waals surface area contributed by atoms with Crippen molar-refractivity contribution in [3.8, 4) is 0 Å². The highest BCUT2D eigenvalue weighted by molar-refractivity contribution is 8.03. The predicted octanol–water partition coefficient (Wildman–Crippen LogP) is -2.17. The number of rotatable bonds is 7. The number of thioether (sulfide) groups is 1. The first-order valence-corrected chi connectivity index (χ1v) is 12.0. The van der Waals surface area contributed by atoms with E-state index in [1.165, 1.54) is 23.6 Å². The number of hydrogen-bond donors (Lipinski definition) is 4. The fraction of sp³-hybridized carbons (Fsp3) is 0.500. The second kappa shape index (κ2) is 10.9. The lowest BCUT2D eigenvalue weighted by molar-refractivity contribution is -0.684. The number of amides is 3. The van der Waals surface area contributed by atoms with Crippen molar-refractivity contribution < 1.29 is 34.0 Å². The van der Waals surface area contributed by atoms with E-state index in [0.29, 0.717) is 17.9 Å². The molecule has 0 spiro atoms. The number of carbonyl (C=O) groups excluding carboxylic acids is 4. The Morgan fingerprint density at radius 3 is 2.60 bits per heavy atom. The number of hydrazine groups is 1. The highest BCUT2D eigenvalue weighted by Crippen LogP contribution is 2.51. The fourth-order valence-electron chi connectivity index (χ4n) is 4.81. The molecule has 0 bridgehead atoms. The Morgan fingerprint density at radius 1 is 1.29 bits per heavy atom. The average molecular weight is 526 g/mol. The Hall–Kier alpha value is -2.67. The van der Waals surface area contributed by atoms with Crippen molar-refractivity contribution in [2.45, 2.75) is 50.3 Å². The van der Waals surface area contributed by atoms with Crippen molar-refractivity contribution in [1.82, 2.24) is 21.1 Å². The molecule has 13 heteroatoms. The van der Waals surface area contributed by atoms with Crippen molar-refractivity contribution >= 4 is 47.9 Å². The number of aromatic nitrogens is 1. The number of aliphatic hydroxyl groups is 1. The Morgan fingerprint density at radius 2 is 1.97 bits per heavy atom. The summed E-state index contributed by atoms with van der Waals surface area (Å²) >= 11 is 1.32. The molecular weight excluding hydrogens is 498 g/mol. The van der Waals surface area contributed by atoms with Gasteiger partial charge in [-0.2, -0.15) is 4.57 Å². The third-order valence-electron chi connectivity index (χ3n) is 6.43. The quantitative estimate of drug-likeness (QED) is 0.178. The molecule has 1 unspecified atom stereocenters. The lowest BCUT2D eigenvalue weighted by Gasteiger charge is -2.47. The lowest BCUT2D eigenvalue weighted by atomic mass is 9.79. The van der Waals surface area contributed by atoms with Gasteiger partial charge in [0.2, 0.25) is 12.5 Å². The summed E-state index contributed by atoms with van der Waals surface area (Å²) in [6, 6.07) is 4.45. The van der Waals surface area contributed by atoms with E-state index in [2.05, 4.69) is 16.2 Å². The van der Waals surface area contributed by atoms with Crippen molar-refractivity contribution in [3.63, 3.8) is 0 Å². The normalized spacial score (nSPS) is 28.0. The third-order valence-corrected chi connectivity index (χ3v) is 7.94. The average Bonchev–Trinajstić information content (AvgIpc) is 3.35. The van der Waals surface area contributed by atoms with Crippen LogP contribution < -0.4 is 25.8 Å². The van der Waals surface area contributed by atoms with Gasteiger partial charge in [0.1, 0.15) is 0 Å². The third kappa shape index (κ3) is 5.30. The highest BCUT2D eigenvalue weighted by atomic mass is 35.5. The van der Waals surface area contributed by atoms with Gasteiger partial charge in [-0.25, -0.2) is 0 Å².